The van der Waals surface area contributed by atoms with Gasteiger partial charge in [-0.15, -0.1) is 0 Å². The standard InChI is InChI=1S/C141H94F2N4O2/c1-4-92-38-52-102(53-39-92)139(99-24-10-7-11-25-99)129-34-20-16-30-119(129)121-80-76-115(88-131(121)139)146(117-78-84-127-125-32-18-22-36-135(125)148-137(127)90-117)109-66-48-97(49-67-109)95-44-62-107(63-45-95)144(111-70-58-105(142)59-71-111)113-74-82-123-124-83-75-114(87-134(124)141(133(123)86-113,101-28-14-9-15-29-101)104-56-42-94(6-3)43-57-104)145(112-72-60-106(143)61-73-112)108-64-46-96(47-65-108)98-50-68-110(69-51-98)147(118-79-85-128-126-33-19-23-37-136(126)149-138(128)91-118)116-77-81-122-120-31-17-21-35-130(120)140(132(122)89-116,100-26-12-8-13-27-100)103-54-40-93(5-2)41-55-103/h4-91H,1-3H2. The highest BCUT2D eigenvalue weighted by molar-refractivity contribution is 6.08. The fourth-order valence-corrected chi connectivity index (χ4v) is 24.3. The highest BCUT2D eigenvalue weighted by Crippen LogP contribution is 2.63. The first kappa shape index (κ1) is 88.6. The Kier molecular flexibility index (Phi) is 21.4. The maximum atomic E-state index is 15.6. The van der Waals surface area contributed by atoms with Crippen molar-refractivity contribution in [3.63, 3.8) is 0 Å². The van der Waals surface area contributed by atoms with Crippen LogP contribution in [0.15, 0.2) is 544 Å². The largest absolute Gasteiger partial charge is 0.456 e. The number of hydrogen-bond acceptors (Lipinski definition) is 6. The van der Waals surface area contributed by atoms with E-state index in [2.05, 4.69) is 482 Å². The van der Waals surface area contributed by atoms with E-state index in [1.807, 2.05) is 66.8 Å². The van der Waals surface area contributed by atoms with Crippen molar-refractivity contribution in [2.75, 3.05) is 19.6 Å². The van der Waals surface area contributed by atoms with Crippen molar-refractivity contribution in [1.29, 1.82) is 0 Å². The molecule has 2 aromatic heterocycles. The van der Waals surface area contributed by atoms with Crippen molar-refractivity contribution in [3.8, 4) is 55.6 Å². The molecule has 0 radical (unpaired) electrons. The Hall–Kier alpha value is -19.3. The summed E-state index contributed by atoms with van der Waals surface area (Å²) in [5, 5.41) is 4.23. The first-order valence-corrected chi connectivity index (χ1v) is 50.6. The molecule has 6 nitrogen and oxygen atoms in total. The third kappa shape index (κ3) is 14.4. The summed E-state index contributed by atoms with van der Waals surface area (Å²) in [6, 6.07) is 183. The molecule has 704 valence electrons. The summed E-state index contributed by atoms with van der Waals surface area (Å²) in [6.45, 7) is 12.5. The summed E-state index contributed by atoms with van der Waals surface area (Å²) in [4.78, 5) is 9.17. The van der Waals surface area contributed by atoms with E-state index in [1.165, 1.54) is 91.0 Å². The van der Waals surface area contributed by atoms with Gasteiger partial charge < -0.3 is 28.4 Å². The van der Waals surface area contributed by atoms with E-state index in [9.17, 15) is 0 Å². The average Bonchev–Trinajstić information content (AvgIpc) is 1.54. The van der Waals surface area contributed by atoms with Crippen LogP contribution in [0.2, 0.25) is 0 Å². The third-order valence-electron chi connectivity index (χ3n) is 31.1. The van der Waals surface area contributed by atoms with Crippen LogP contribution in [-0.2, 0) is 16.2 Å². The number of benzene rings is 22. The van der Waals surface area contributed by atoms with Crippen LogP contribution in [0.3, 0.4) is 0 Å². The summed E-state index contributed by atoms with van der Waals surface area (Å²) in [5.74, 6) is -0.674. The lowest BCUT2D eigenvalue weighted by atomic mass is 9.67. The molecule has 2 unspecified atom stereocenters. The van der Waals surface area contributed by atoms with Crippen molar-refractivity contribution in [3.05, 3.63) is 630 Å². The Morgan fingerprint density at radius 3 is 0.685 bits per heavy atom. The normalized spacial score (nSPS) is 14.9. The molecule has 0 saturated carbocycles. The molecule has 0 spiro atoms. The zero-order chi connectivity index (χ0) is 99.6. The van der Waals surface area contributed by atoms with Crippen LogP contribution < -0.4 is 19.6 Å². The van der Waals surface area contributed by atoms with Gasteiger partial charge in [0.05, 0.1) is 16.2 Å². The maximum Gasteiger partial charge on any atom is 0.137 e. The molecule has 24 aromatic rings. The lowest BCUT2D eigenvalue weighted by Crippen LogP contribution is -2.29. The molecule has 3 aliphatic carbocycles. The molecule has 0 N–H and O–H groups in total. The summed E-state index contributed by atoms with van der Waals surface area (Å²) < 4.78 is 44.6. The minimum Gasteiger partial charge on any atom is -0.456 e. The number of hydrogen-bond donors (Lipinski definition) is 0. The smallest absolute Gasteiger partial charge is 0.137 e. The number of halogens is 2. The Morgan fingerprint density at radius 1 is 0.174 bits per heavy atom. The predicted octanol–water partition coefficient (Wildman–Crippen LogP) is 38.0. The van der Waals surface area contributed by atoms with Crippen molar-refractivity contribution in [2.24, 2.45) is 0 Å². The molecule has 0 bridgehead atoms. The van der Waals surface area contributed by atoms with Gasteiger partial charge in [0.1, 0.15) is 34.0 Å². The Bertz CT molecular complexity index is 8880. The SMILES string of the molecule is C=Cc1ccc(C2(c3ccccc3)c3ccccc3-c3ccc(N(c4ccc(-c5ccc(N(c6ccc(F)cc6)c6ccc7c(c6)C(c6ccccc6)(c6ccc(C=C)cc6)c6cc(N(c8ccc(F)cc8)c8ccc(-c9ccc(N(c%10ccc%11c(c%10)C(c%10ccccc%10)(c%10ccc(C=C)cc%10)c%10ccccc%10-%11)c%10ccc%11c(c%10)oc%10ccccc%10%11)cc9)cc8)ccc6-7)cc5)cc4)c4ccc5c(c4)oc4ccccc45)cc32)cc1. The van der Waals surface area contributed by atoms with Crippen molar-refractivity contribution in [2.45, 2.75) is 16.2 Å². The van der Waals surface area contributed by atoms with Crippen LogP contribution in [0, 0.1) is 11.6 Å². The average molecular weight is 1910 g/mol. The molecule has 27 rings (SSSR count). The molecule has 0 fully saturated rings. The van der Waals surface area contributed by atoms with E-state index in [0.29, 0.717) is 0 Å². The van der Waals surface area contributed by atoms with Gasteiger partial charge in [0.15, 0.2) is 0 Å². The van der Waals surface area contributed by atoms with Crippen LogP contribution in [0.25, 0.3) is 118 Å². The Morgan fingerprint density at radius 2 is 0.389 bits per heavy atom. The van der Waals surface area contributed by atoms with Gasteiger partial charge in [-0.2, -0.15) is 0 Å². The first-order chi connectivity index (χ1) is 73.5. The van der Waals surface area contributed by atoms with Gasteiger partial charge in [0.2, 0.25) is 0 Å². The van der Waals surface area contributed by atoms with Crippen molar-refractivity contribution < 1.29 is 17.6 Å². The number of para-hydroxylation sites is 2. The van der Waals surface area contributed by atoms with E-state index in [4.69, 9.17) is 8.83 Å². The lowest BCUT2D eigenvalue weighted by molar-refractivity contribution is 0.627. The van der Waals surface area contributed by atoms with Gasteiger partial charge >= 0.3 is 0 Å². The number of anilines is 12. The minimum absolute atomic E-state index is 0.337. The van der Waals surface area contributed by atoms with Gasteiger partial charge in [-0.1, -0.05) is 359 Å². The zero-order valence-corrected chi connectivity index (χ0v) is 81.3. The summed E-state index contributed by atoms with van der Waals surface area (Å²) in [5.41, 5.74) is 39.6. The second-order valence-electron chi connectivity index (χ2n) is 38.9. The number of furan rings is 2. The third-order valence-corrected chi connectivity index (χ3v) is 31.1. The molecule has 22 aromatic carbocycles. The molecule has 2 atom stereocenters. The topological polar surface area (TPSA) is 39.2 Å². The van der Waals surface area contributed by atoms with Gasteiger partial charge in [-0.3, -0.25) is 0 Å². The van der Waals surface area contributed by atoms with Crippen LogP contribution in [-0.4, -0.2) is 0 Å². The quantitative estimate of drug-likeness (QED) is 0.0636. The van der Waals surface area contributed by atoms with E-state index < -0.39 is 16.2 Å². The lowest BCUT2D eigenvalue weighted by Gasteiger charge is -2.36. The molecule has 0 aliphatic heterocycles. The molecule has 149 heavy (non-hydrogen) atoms. The first-order valence-electron chi connectivity index (χ1n) is 50.6. The van der Waals surface area contributed by atoms with E-state index in [1.54, 1.807) is 0 Å². The van der Waals surface area contributed by atoms with Gasteiger partial charge in [-0.25, -0.2) is 8.78 Å². The number of fused-ring (bicyclic) bond motifs is 15. The highest BCUT2D eigenvalue weighted by atomic mass is 19.1. The molecule has 0 amide bonds. The summed E-state index contributed by atoms with van der Waals surface area (Å²) >= 11 is 0. The van der Waals surface area contributed by atoms with E-state index in [-0.39, 0.29) is 11.6 Å². The molecular weight excluding hydrogens is 1820 g/mol. The van der Waals surface area contributed by atoms with Crippen molar-refractivity contribution in [1.82, 2.24) is 0 Å². The molecule has 2 heterocycles. The molecule has 3 aliphatic rings. The Labute approximate surface area is 863 Å². The zero-order valence-electron chi connectivity index (χ0n) is 81.3. The minimum atomic E-state index is -0.951. The number of nitrogens with zero attached hydrogens (tertiary/aromatic N) is 4. The molecule has 0 saturated heterocycles. The fourth-order valence-electron chi connectivity index (χ4n) is 24.3. The fraction of sp³-hybridized carbons (Fsp3) is 0.0213. The monoisotopic (exact) mass is 1910 g/mol. The highest BCUT2D eigenvalue weighted by Gasteiger charge is 2.51. The maximum absolute atomic E-state index is 15.6. The van der Waals surface area contributed by atoms with E-state index in [0.717, 1.165) is 184 Å². The Balaban J connectivity index is 0.544. The van der Waals surface area contributed by atoms with Gasteiger partial charge in [0.25, 0.3) is 0 Å². The van der Waals surface area contributed by atoms with Crippen LogP contribution in [0.5, 0.6) is 0 Å². The van der Waals surface area contributed by atoms with Gasteiger partial charge in [0, 0.05) is 102 Å². The second-order valence-corrected chi connectivity index (χ2v) is 38.9. The van der Waals surface area contributed by atoms with Crippen molar-refractivity contribution >= 4 is 130 Å². The second kappa shape index (κ2) is 35.9. The van der Waals surface area contributed by atoms with E-state index >= 15 is 8.78 Å². The molecule has 8 heteroatoms. The molecular formula is C141H94F2N4O2. The van der Waals surface area contributed by atoms with Crippen LogP contribution in [0.4, 0.5) is 77.0 Å². The summed E-state index contributed by atoms with van der Waals surface area (Å²) in [6.07, 6.45) is 5.70. The predicted molar refractivity (Wildman–Crippen MR) is 613 cm³/mol. The number of rotatable bonds is 23. The van der Waals surface area contributed by atoms with Gasteiger partial charge in [-0.05, 0) is 321 Å². The van der Waals surface area contributed by atoms with Crippen LogP contribution in [0.1, 0.15) is 83.5 Å². The van der Waals surface area contributed by atoms with Crippen LogP contribution >= 0.6 is 0 Å². The summed E-state index contributed by atoms with van der Waals surface area (Å²) in [7, 11) is 0.